The molecule has 1 aromatic heterocycles. The molecule has 3 heteroatoms. The van der Waals surface area contributed by atoms with Gasteiger partial charge in [-0.25, -0.2) is 0 Å². The summed E-state index contributed by atoms with van der Waals surface area (Å²) >= 11 is 0. The third-order valence-corrected chi connectivity index (χ3v) is 2.58. The molecule has 16 heavy (non-hydrogen) atoms. The van der Waals surface area contributed by atoms with Crippen molar-refractivity contribution in [3.05, 3.63) is 30.1 Å². The molecule has 0 aliphatic carbocycles. The van der Waals surface area contributed by atoms with Crippen LogP contribution in [0.2, 0.25) is 0 Å². The van der Waals surface area contributed by atoms with Crippen LogP contribution >= 0.6 is 0 Å². The molecule has 0 saturated carbocycles. The Hall–Kier alpha value is -0.930. The Morgan fingerprint density at radius 2 is 2.25 bits per heavy atom. The van der Waals surface area contributed by atoms with Crippen LogP contribution in [0.1, 0.15) is 32.4 Å². The van der Waals surface area contributed by atoms with Gasteiger partial charge < -0.3 is 10.4 Å². The van der Waals surface area contributed by atoms with E-state index in [4.69, 9.17) is 0 Å². The number of hydrogen-bond acceptors (Lipinski definition) is 3. The molecule has 1 aromatic rings. The maximum Gasteiger partial charge on any atom is 0.0743 e. The topological polar surface area (TPSA) is 45.1 Å². The highest BCUT2D eigenvalue weighted by atomic mass is 16.3. The zero-order valence-electron chi connectivity index (χ0n) is 10.2. The fourth-order valence-electron chi connectivity index (χ4n) is 1.75. The normalized spacial score (nSPS) is 14.7. The van der Waals surface area contributed by atoms with Gasteiger partial charge in [-0.2, -0.15) is 0 Å². The van der Waals surface area contributed by atoms with Crippen molar-refractivity contribution in [1.29, 1.82) is 0 Å². The van der Waals surface area contributed by atoms with Crippen LogP contribution in [-0.2, 0) is 6.42 Å². The van der Waals surface area contributed by atoms with Crippen molar-refractivity contribution in [3.63, 3.8) is 0 Å². The Bertz CT molecular complexity index is 285. The van der Waals surface area contributed by atoms with E-state index in [1.165, 1.54) is 0 Å². The summed E-state index contributed by atoms with van der Waals surface area (Å²) in [6, 6.07) is 5.93. The fourth-order valence-corrected chi connectivity index (χ4v) is 1.75. The maximum absolute atomic E-state index is 9.93. The van der Waals surface area contributed by atoms with E-state index in [0.717, 1.165) is 31.5 Å². The van der Waals surface area contributed by atoms with Crippen LogP contribution in [0.3, 0.4) is 0 Å². The number of hydrogen-bond donors (Lipinski definition) is 2. The van der Waals surface area contributed by atoms with E-state index < -0.39 is 5.60 Å². The van der Waals surface area contributed by atoms with E-state index in [1.54, 1.807) is 0 Å². The second kappa shape index (κ2) is 6.61. The van der Waals surface area contributed by atoms with Gasteiger partial charge in [0.25, 0.3) is 0 Å². The molecule has 0 fully saturated rings. The Morgan fingerprint density at radius 1 is 1.44 bits per heavy atom. The first-order valence-corrected chi connectivity index (χ1v) is 5.97. The molecule has 0 bridgehead atoms. The van der Waals surface area contributed by atoms with Gasteiger partial charge in [-0.3, -0.25) is 4.98 Å². The van der Waals surface area contributed by atoms with E-state index in [1.807, 2.05) is 31.3 Å². The molecule has 1 atom stereocenters. The molecule has 0 aliphatic rings. The zero-order chi connectivity index (χ0) is 11.9. The van der Waals surface area contributed by atoms with Crippen LogP contribution in [0, 0.1) is 0 Å². The van der Waals surface area contributed by atoms with Crippen LogP contribution in [0.25, 0.3) is 0 Å². The third kappa shape index (κ3) is 5.24. The summed E-state index contributed by atoms with van der Waals surface area (Å²) in [5.74, 6) is 0. The van der Waals surface area contributed by atoms with Crippen LogP contribution in [0.4, 0.5) is 0 Å². The monoisotopic (exact) mass is 222 g/mol. The van der Waals surface area contributed by atoms with Gasteiger partial charge in [0.1, 0.15) is 0 Å². The molecule has 0 amide bonds. The molecule has 0 radical (unpaired) electrons. The molecule has 0 saturated heterocycles. The fraction of sp³-hybridized carbons (Fsp3) is 0.615. The van der Waals surface area contributed by atoms with E-state index in [0.29, 0.717) is 6.54 Å². The summed E-state index contributed by atoms with van der Waals surface area (Å²) in [6.07, 6.45) is 4.56. The smallest absolute Gasteiger partial charge is 0.0743 e. The standard InChI is InChI=1S/C13H22N2O/c1-3-8-13(2,16)11-14-10-7-12-6-4-5-9-15-12/h4-6,9,14,16H,3,7-8,10-11H2,1-2H3. The van der Waals surface area contributed by atoms with Crippen molar-refractivity contribution in [2.24, 2.45) is 0 Å². The summed E-state index contributed by atoms with van der Waals surface area (Å²) in [7, 11) is 0. The summed E-state index contributed by atoms with van der Waals surface area (Å²) in [5, 5.41) is 13.2. The molecule has 90 valence electrons. The predicted octanol–water partition coefficient (Wildman–Crippen LogP) is 1.76. The van der Waals surface area contributed by atoms with Gasteiger partial charge in [0.15, 0.2) is 0 Å². The molecule has 1 heterocycles. The lowest BCUT2D eigenvalue weighted by Crippen LogP contribution is -2.38. The first-order chi connectivity index (χ1) is 7.64. The SMILES string of the molecule is CCCC(C)(O)CNCCc1ccccn1. The number of rotatable bonds is 7. The Morgan fingerprint density at radius 3 is 2.88 bits per heavy atom. The average molecular weight is 222 g/mol. The van der Waals surface area contributed by atoms with Crippen LogP contribution in [0.15, 0.2) is 24.4 Å². The van der Waals surface area contributed by atoms with Gasteiger partial charge >= 0.3 is 0 Å². The predicted molar refractivity (Wildman–Crippen MR) is 66.3 cm³/mol. The third-order valence-electron chi connectivity index (χ3n) is 2.58. The van der Waals surface area contributed by atoms with E-state index >= 15 is 0 Å². The van der Waals surface area contributed by atoms with Gasteiger partial charge in [-0.1, -0.05) is 19.4 Å². The first-order valence-electron chi connectivity index (χ1n) is 5.97. The van der Waals surface area contributed by atoms with E-state index in [2.05, 4.69) is 17.2 Å². The largest absolute Gasteiger partial charge is 0.389 e. The van der Waals surface area contributed by atoms with Gasteiger partial charge in [0.2, 0.25) is 0 Å². The lowest BCUT2D eigenvalue weighted by molar-refractivity contribution is 0.0503. The van der Waals surface area contributed by atoms with Gasteiger partial charge in [-0.05, 0) is 25.5 Å². The first kappa shape index (κ1) is 13.1. The molecule has 0 aromatic carbocycles. The molecule has 0 aliphatic heterocycles. The minimum Gasteiger partial charge on any atom is -0.389 e. The Kier molecular flexibility index (Phi) is 5.43. The van der Waals surface area contributed by atoms with Crippen LogP contribution in [0.5, 0.6) is 0 Å². The minimum absolute atomic E-state index is 0.584. The minimum atomic E-state index is -0.584. The second-order valence-corrected chi connectivity index (χ2v) is 4.49. The lowest BCUT2D eigenvalue weighted by atomic mass is 10.0. The Balaban J connectivity index is 2.17. The van der Waals surface area contributed by atoms with Crippen molar-refractivity contribution in [3.8, 4) is 0 Å². The van der Waals surface area contributed by atoms with Crippen molar-refractivity contribution in [2.45, 2.75) is 38.7 Å². The highest BCUT2D eigenvalue weighted by Crippen LogP contribution is 2.09. The summed E-state index contributed by atoms with van der Waals surface area (Å²) in [5.41, 5.74) is 0.504. The Labute approximate surface area is 97.9 Å². The van der Waals surface area contributed by atoms with Gasteiger partial charge in [0, 0.05) is 31.4 Å². The molecule has 3 nitrogen and oxygen atoms in total. The zero-order valence-corrected chi connectivity index (χ0v) is 10.2. The summed E-state index contributed by atoms with van der Waals surface area (Å²) in [4.78, 5) is 4.25. The van der Waals surface area contributed by atoms with Crippen molar-refractivity contribution in [2.75, 3.05) is 13.1 Å². The maximum atomic E-state index is 9.93. The van der Waals surface area contributed by atoms with E-state index in [9.17, 15) is 5.11 Å². The summed E-state index contributed by atoms with van der Waals surface area (Å²) < 4.78 is 0. The number of pyridine rings is 1. The summed E-state index contributed by atoms with van der Waals surface area (Å²) in [6.45, 7) is 5.47. The average Bonchev–Trinajstić information content (AvgIpc) is 2.26. The van der Waals surface area contributed by atoms with Crippen LogP contribution < -0.4 is 5.32 Å². The molecule has 0 spiro atoms. The number of aromatic nitrogens is 1. The molecule has 1 unspecified atom stereocenters. The van der Waals surface area contributed by atoms with Crippen molar-refractivity contribution >= 4 is 0 Å². The number of aliphatic hydroxyl groups is 1. The van der Waals surface area contributed by atoms with Crippen LogP contribution in [-0.4, -0.2) is 28.8 Å². The van der Waals surface area contributed by atoms with Gasteiger partial charge in [0.05, 0.1) is 5.60 Å². The molecule has 1 rings (SSSR count). The molecule has 2 N–H and O–H groups in total. The number of nitrogens with zero attached hydrogens (tertiary/aromatic N) is 1. The lowest BCUT2D eigenvalue weighted by Gasteiger charge is -2.22. The van der Waals surface area contributed by atoms with Crippen molar-refractivity contribution < 1.29 is 5.11 Å². The van der Waals surface area contributed by atoms with E-state index in [-0.39, 0.29) is 0 Å². The van der Waals surface area contributed by atoms with Crippen molar-refractivity contribution in [1.82, 2.24) is 10.3 Å². The molecular formula is C13H22N2O. The highest BCUT2D eigenvalue weighted by Gasteiger charge is 2.17. The molecular weight excluding hydrogens is 200 g/mol. The number of nitrogens with one attached hydrogen (secondary N) is 1. The van der Waals surface area contributed by atoms with Gasteiger partial charge in [-0.15, -0.1) is 0 Å². The quantitative estimate of drug-likeness (QED) is 0.691. The second-order valence-electron chi connectivity index (χ2n) is 4.49. The highest BCUT2D eigenvalue weighted by molar-refractivity contribution is 5.03.